The number of ether oxygens (including phenoxy) is 2. The van der Waals surface area contributed by atoms with Gasteiger partial charge >= 0.3 is 11.9 Å². The number of carbonyl (C=O) groups excluding carboxylic acids is 2. The van der Waals surface area contributed by atoms with E-state index in [9.17, 15) is 9.59 Å². The molecule has 0 bridgehead atoms. The molecule has 19 heteroatoms. The Morgan fingerprint density at radius 1 is 1.06 bits per heavy atom. The van der Waals surface area contributed by atoms with Crippen LogP contribution in [0.2, 0.25) is 5.15 Å². The minimum atomic E-state index is -1.37. The second-order valence-electron chi connectivity index (χ2n) is 11.0. The zero-order valence-electron chi connectivity index (χ0n) is 26.3. The molecule has 3 atom stereocenters. The van der Waals surface area contributed by atoms with Gasteiger partial charge in [0, 0.05) is 12.0 Å². The predicted octanol–water partition coefficient (Wildman–Crippen LogP) is 3.96. The van der Waals surface area contributed by atoms with Gasteiger partial charge in [0.15, 0.2) is 16.7 Å². The number of aromatic nitrogens is 6. The summed E-state index contributed by atoms with van der Waals surface area (Å²) in [6.45, 7) is 1.52. The molecule has 0 saturated heterocycles. The average Bonchev–Trinajstić information content (AvgIpc) is 3.74. The van der Waals surface area contributed by atoms with Gasteiger partial charge in [0.1, 0.15) is 24.6 Å². The Kier molecular flexibility index (Phi) is 12.3. The first-order valence-electron chi connectivity index (χ1n) is 15.4. The molecule has 2 unspecified atom stereocenters. The number of rotatable bonds is 17. The zero-order chi connectivity index (χ0) is 34.9. The van der Waals surface area contributed by atoms with Crippen molar-refractivity contribution >= 4 is 23.5 Å². The van der Waals surface area contributed by atoms with Crippen LogP contribution in [0.3, 0.4) is 0 Å². The molecule has 0 amide bonds. The van der Waals surface area contributed by atoms with Gasteiger partial charge in [0.25, 0.3) is 0 Å². The number of carbonyl (C=O) groups is 2. The number of H-pyrrole nitrogens is 1. The quantitative estimate of drug-likeness (QED) is 0.0595. The summed E-state index contributed by atoms with van der Waals surface area (Å²) in [7, 11) is 0. The Hall–Kier alpha value is -4.37. The van der Waals surface area contributed by atoms with E-state index in [-0.39, 0.29) is 23.9 Å². The van der Waals surface area contributed by atoms with Gasteiger partial charge < -0.3 is 14.0 Å². The molecule has 1 aliphatic rings. The van der Waals surface area contributed by atoms with Crippen molar-refractivity contribution in [2.24, 2.45) is 0 Å². The molecule has 1 aliphatic heterocycles. The van der Waals surface area contributed by atoms with Crippen LogP contribution >= 0.6 is 11.6 Å². The van der Waals surface area contributed by atoms with Crippen LogP contribution in [0, 0.1) is 0 Å². The number of benzene rings is 2. The summed E-state index contributed by atoms with van der Waals surface area (Å²) in [4.78, 5) is 40.5. The minimum absolute atomic E-state index is 0.0188. The molecule has 49 heavy (non-hydrogen) atoms. The Morgan fingerprint density at radius 2 is 1.82 bits per heavy atom. The number of nitrogens with zero attached hydrogens (tertiary/aromatic N) is 7. The van der Waals surface area contributed by atoms with Crippen molar-refractivity contribution < 1.29 is 49.6 Å². The molecule has 0 spiro atoms. The standard InChI is InChI=1S/C30H35ClN8O10/c1-2-3-11-23-32-27(31)25-29(40)48-26(30(41)46-16-7-6-8-20(49-39(44)45)17-47-38(42)43)24(37(23)25)19-14-12-18(13-15-19)21-9-4-5-10-22(21)28-33-35-36-34-28/h4-5,9-10,12-15,20,24,26,42-45H,2-3,6-8,11,16-17H2,1H3,(H,33,34,35,36)/t20?,24-,26?/m0/s1. The van der Waals surface area contributed by atoms with Crippen molar-refractivity contribution in [3.05, 3.63) is 70.8 Å². The zero-order valence-corrected chi connectivity index (χ0v) is 27.0. The molecule has 0 saturated carbocycles. The summed E-state index contributed by atoms with van der Waals surface area (Å²) >= 11 is 6.45. The monoisotopic (exact) mass is 702 g/mol. The number of esters is 2. The third kappa shape index (κ3) is 8.81. The van der Waals surface area contributed by atoms with E-state index in [1.807, 2.05) is 55.5 Å². The minimum Gasteiger partial charge on any atom is -0.463 e. The van der Waals surface area contributed by atoms with E-state index in [2.05, 4.69) is 30.4 Å². The molecule has 0 aliphatic carbocycles. The van der Waals surface area contributed by atoms with E-state index < -0.39 is 47.6 Å². The highest BCUT2D eigenvalue weighted by atomic mass is 35.5. The third-order valence-electron chi connectivity index (χ3n) is 7.79. The van der Waals surface area contributed by atoms with E-state index in [0.717, 1.165) is 29.5 Å². The molecule has 5 N–H and O–H groups in total. The molecular weight excluding hydrogens is 668 g/mol. The lowest BCUT2D eigenvalue weighted by Crippen LogP contribution is -2.44. The number of cyclic esters (lactones) is 1. The number of nitrogens with one attached hydrogen (secondary N) is 1. The predicted molar refractivity (Wildman–Crippen MR) is 165 cm³/mol. The summed E-state index contributed by atoms with van der Waals surface area (Å²) in [5.41, 5.74) is 3.20. The Balaban J connectivity index is 1.37. The van der Waals surface area contributed by atoms with Crippen LogP contribution in [0.1, 0.15) is 66.9 Å². The number of hydrogen-bond donors (Lipinski definition) is 5. The summed E-state index contributed by atoms with van der Waals surface area (Å²) in [6, 6.07) is 14.2. The number of aryl methyl sites for hydroxylation is 1. The lowest BCUT2D eigenvalue weighted by Gasteiger charge is -2.33. The van der Waals surface area contributed by atoms with Crippen LogP contribution in [0.4, 0.5) is 0 Å². The molecule has 2 aromatic heterocycles. The molecule has 0 radical (unpaired) electrons. The lowest BCUT2D eigenvalue weighted by molar-refractivity contribution is -0.527. The fraction of sp³-hybridized carbons (Fsp3) is 0.400. The van der Waals surface area contributed by atoms with Gasteiger partial charge in [0.05, 0.1) is 17.4 Å². The van der Waals surface area contributed by atoms with Crippen molar-refractivity contribution in [2.45, 2.75) is 63.7 Å². The highest BCUT2D eigenvalue weighted by Crippen LogP contribution is 2.38. The average molecular weight is 703 g/mol. The normalized spacial score (nSPS) is 16.5. The van der Waals surface area contributed by atoms with Gasteiger partial charge in [-0.15, -0.1) is 5.10 Å². The maximum Gasteiger partial charge on any atom is 0.359 e. The highest BCUT2D eigenvalue weighted by molar-refractivity contribution is 6.32. The summed E-state index contributed by atoms with van der Waals surface area (Å²) < 4.78 is 12.9. The summed E-state index contributed by atoms with van der Waals surface area (Å²) in [5.74, 6) is -0.550. The molecule has 0 fully saturated rings. The van der Waals surface area contributed by atoms with Crippen LogP contribution in [0.25, 0.3) is 22.5 Å². The third-order valence-corrected chi connectivity index (χ3v) is 8.06. The number of tetrazole rings is 1. The first-order chi connectivity index (χ1) is 23.7. The molecular formula is C30H35ClN8O10. The van der Waals surface area contributed by atoms with Gasteiger partial charge in [-0.1, -0.05) is 73.5 Å². The molecule has 18 nitrogen and oxygen atoms in total. The van der Waals surface area contributed by atoms with Crippen molar-refractivity contribution in [2.75, 3.05) is 13.2 Å². The van der Waals surface area contributed by atoms with Crippen LogP contribution in [0.5, 0.6) is 0 Å². The summed E-state index contributed by atoms with van der Waals surface area (Å²) in [5, 5.41) is 48.5. The Morgan fingerprint density at radius 3 is 2.49 bits per heavy atom. The van der Waals surface area contributed by atoms with Crippen LogP contribution in [-0.4, -0.2) is 99.1 Å². The number of halogens is 1. The van der Waals surface area contributed by atoms with Crippen molar-refractivity contribution in [1.29, 1.82) is 0 Å². The van der Waals surface area contributed by atoms with Crippen LogP contribution < -0.4 is 0 Å². The smallest absolute Gasteiger partial charge is 0.359 e. The topological polar surface area (TPSA) is 231 Å². The number of unbranched alkanes of at least 4 members (excludes halogenated alkanes) is 2. The number of imidazole rings is 1. The fourth-order valence-electron chi connectivity index (χ4n) is 5.57. The van der Waals surface area contributed by atoms with Gasteiger partial charge in [-0.2, -0.15) is 0 Å². The Labute approximate surface area is 284 Å². The first-order valence-corrected chi connectivity index (χ1v) is 15.8. The maximum absolute atomic E-state index is 13.6. The Bertz CT molecular complexity index is 1690. The highest BCUT2D eigenvalue weighted by Gasteiger charge is 2.45. The van der Waals surface area contributed by atoms with Gasteiger partial charge in [-0.3, -0.25) is 20.8 Å². The second-order valence-corrected chi connectivity index (χ2v) is 11.4. The SMILES string of the molecule is CCCCc1nc(Cl)c2n1[C@@H](c1ccc(-c3ccccc3-c3nnn[nH]3)cc1)C(C(=O)OCCCCC(CON(O)O)ON(O)O)OC2=O. The molecule has 3 heterocycles. The van der Waals surface area contributed by atoms with Crippen LogP contribution in [-0.2, 0) is 30.4 Å². The van der Waals surface area contributed by atoms with Crippen molar-refractivity contribution in [3.63, 3.8) is 0 Å². The molecule has 262 valence electrons. The largest absolute Gasteiger partial charge is 0.463 e. The van der Waals surface area contributed by atoms with Gasteiger partial charge in [0.2, 0.25) is 6.10 Å². The fourth-order valence-corrected chi connectivity index (χ4v) is 5.83. The first kappa shape index (κ1) is 35.9. The van der Waals surface area contributed by atoms with E-state index in [1.165, 1.54) is 0 Å². The van der Waals surface area contributed by atoms with Gasteiger partial charge in [-0.05, 0) is 52.8 Å². The molecule has 5 rings (SSSR count). The van der Waals surface area contributed by atoms with Crippen LogP contribution in [0.15, 0.2) is 48.5 Å². The summed E-state index contributed by atoms with van der Waals surface area (Å²) in [6.07, 6.45) is 0.587. The second kappa shape index (κ2) is 16.8. The van der Waals surface area contributed by atoms with E-state index >= 15 is 0 Å². The van der Waals surface area contributed by atoms with E-state index in [1.54, 1.807) is 4.57 Å². The number of hydrogen-bond acceptors (Lipinski definition) is 16. The van der Waals surface area contributed by atoms with Gasteiger partial charge in [-0.25, -0.2) is 29.3 Å². The maximum atomic E-state index is 13.6. The van der Waals surface area contributed by atoms with Crippen molar-refractivity contribution in [1.82, 2.24) is 41.0 Å². The molecule has 4 aromatic rings. The van der Waals surface area contributed by atoms with Crippen molar-refractivity contribution in [3.8, 4) is 22.5 Å². The number of aromatic amines is 1. The lowest BCUT2D eigenvalue weighted by atomic mass is 9.94. The van der Waals surface area contributed by atoms with E-state index in [4.69, 9.17) is 46.7 Å². The van der Waals surface area contributed by atoms with E-state index in [0.29, 0.717) is 36.5 Å². The molecule has 2 aromatic carbocycles. The number of fused-ring (bicyclic) bond motifs is 1.